The van der Waals surface area contributed by atoms with Gasteiger partial charge in [0, 0.05) is 20.0 Å². The number of hydrogen-bond acceptors (Lipinski definition) is 4. The fourth-order valence-electron chi connectivity index (χ4n) is 0.991. The van der Waals surface area contributed by atoms with Crippen LogP contribution in [-0.2, 0) is 19.1 Å². The van der Waals surface area contributed by atoms with Crippen molar-refractivity contribution in [2.24, 2.45) is 0 Å². The van der Waals surface area contributed by atoms with Gasteiger partial charge in [-0.15, -0.1) is 0 Å². The molecular formula is C10H17NO4. The van der Waals surface area contributed by atoms with Gasteiger partial charge in [0.1, 0.15) is 12.4 Å². The first-order valence-corrected chi connectivity index (χ1v) is 4.83. The van der Waals surface area contributed by atoms with Crippen LogP contribution < -0.4 is 5.32 Å². The van der Waals surface area contributed by atoms with E-state index in [1.165, 1.54) is 14.0 Å². The second kappa shape index (κ2) is 8.11. The van der Waals surface area contributed by atoms with Gasteiger partial charge in [-0.1, -0.05) is 0 Å². The maximum Gasteiger partial charge on any atom is 0.220 e. The minimum atomic E-state index is -0.199. The van der Waals surface area contributed by atoms with Crippen LogP contribution in [0.25, 0.3) is 0 Å². The molecule has 5 nitrogen and oxygen atoms in total. The third kappa shape index (κ3) is 9.08. The molecule has 0 aliphatic rings. The number of carbonyl (C=O) groups excluding carboxylic acids is 3. The number of Topliss-reactive ketones (excluding diaryl/α,β-unsaturated/α-hetero) is 2. The molecule has 0 heterocycles. The summed E-state index contributed by atoms with van der Waals surface area (Å²) in [5.41, 5.74) is 0. The van der Waals surface area contributed by atoms with Gasteiger partial charge in [0.05, 0.1) is 6.54 Å². The lowest BCUT2D eigenvalue weighted by Gasteiger charge is -2.02. The van der Waals surface area contributed by atoms with E-state index in [1.807, 2.05) is 0 Å². The average molecular weight is 215 g/mol. The second-order valence-electron chi connectivity index (χ2n) is 3.30. The molecule has 0 aromatic heterocycles. The predicted octanol–water partition coefficient (Wildman–Crippen LogP) is 0.0774. The number of carbonyl (C=O) groups is 3. The number of ether oxygens (including phenoxy) is 1. The third-order valence-corrected chi connectivity index (χ3v) is 1.70. The Morgan fingerprint density at radius 1 is 1.20 bits per heavy atom. The van der Waals surface area contributed by atoms with Crippen LogP contribution in [-0.4, -0.2) is 37.7 Å². The van der Waals surface area contributed by atoms with Crippen LogP contribution in [0, 0.1) is 0 Å². The van der Waals surface area contributed by atoms with Gasteiger partial charge in [-0.25, -0.2) is 0 Å². The largest absolute Gasteiger partial charge is 0.377 e. The Labute approximate surface area is 89.2 Å². The molecule has 1 N–H and O–H groups in total. The normalized spacial score (nSPS) is 9.73. The van der Waals surface area contributed by atoms with E-state index in [0.717, 1.165) is 0 Å². The molecule has 0 bridgehead atoms. The van der Waals surface area contributed by atoms with E-state index in [4.69, 9.17) is 0 Å². The summed E-state index contributed by atoms with van der Waals surface area (Å²) >= 11 is 0. The van der Waals surface area contributed by atoms with Crippen molar-refractivity contribution in [3.63, 3.8) is 0 Å². The van der Waals surface area contributed by atoms with Gasteiger partial charge in [-0.05, 0) is 13.3 Å². The standard InChI is InChI=1S/C10H17NO4/c1-8(12)6-11-10(14)5-3-4-9(13)7-15-2/h3-7H2,1-2H3,(H,11,14). The summed E-state index contributed by atoms with van der Waals surface area (Å²) < 4.78 is 4.65. The van der Waals surface area contributed by atoms with Crippen LogP contribution in [0.2, 0.25) is 0 Å². The molecule has 0 aliphatic heterocycles. The van der Waals surface area contributed by atoms with Crippen LogP contribution in [0.4, 0.5) is 0 Å². The lowest BCUT2D eigenvalue weighted by molar-refractivity contribution is -0.125. The lowest BCUT2D eigenvalue weighted by atomic mass is 10.2. The monoisotopic (exact) mass is 215 g/mol. The summed E-state index contributed by atoms with van der Waals surface area (Å²) in [6.07, 6.45) is 1.09. The van der Waals surface area contributed by atoms with E-state index >= 15 is 0 Å². The summed E-state index contributed by atoms with van der Waals surface area (Å²) in [6, 6.07) is 0. The average Bonchev–Trinajstić information content (AvgIpc) is 2.15. The zero-order chi connectivity index (χ0) is 11.7. The number of nitrogens with one attached hydrogen (secondary N) is 1. The van der Waals surface area contributed by atoms with Gasteiger partial charge >= 0.3 is 0 Å². The summed E-state index contributed by atoms with van der Waals surface area (Å²) in [6.45, 7) is 1.56. The maximum absolute atomic E-state index is 11.1. The zero-order valence-electron chi connectivity index (χ0n) is 9.17. The Hall–Kier alpha value is -1.23. The minimum absolute atomic E-state index is 0.0168. The van der Waals surface area contributed by atoms with E-state index in [0.29, 0.717) is 12.8 Å². The topological polar surface area (TPSA) is 72.5 Å². The lowest BCUT2D eigenvalue weighted by Crippen LogP contribution is -2.28. The van der Waals surface area contributed by atoms with Crippen molar-refractivity contribution in [3.8, 4) is 0 Å². The van der Waals surface area contributed by atoms with Crippen molar-refractivity contribution in [1.29, 1.82) is 0 Å². The summed E-state index contributed by atoms with van der Waals surface area (Å²) in [5, 5.41) is 2.46. The Morgan fingerprint density at radius 3 is 2.40 bits per heavy atom. The van der Waals surface area contributed by atoms with E-state index in [9.17, 15) is 14.4 Å². The summed E-state index contributed by atoms with van der Waals surface area (Å²) in [5.74, 6) is -0.300. The van der Waals surface area contributed by atoms with Crippen LogP contribution in [0.15, 0.2) is 0 Å². The van der Waals surface area contributed by atoms with Crippen molar-refractivity contribution in [1.82, 2.24) is 5.32 Å². The van der Waals surface area contributed by atoms with E-state index in [-0.39, 0.29) is 37.0 Å². The molecule has 0 fully saturated rings. The fourth-order valence-corrected chi connectivity index (χ4v) is 0.991. The van der Waals surface area contributed by atoms with Gasteiger partial charge in [0.2, 0.25) is 5.91 Å². The highest BCUT2D eigenvalue weighted by Crippen LogP contribution is 1.96. The first-order chi connectivity index (χ1) is 7.06. The minimum Gasteiger partial charge on any atom is -0.377 e. The Balaban J connectivity index is 3.46. The molecule has 0 radical (unpaired) electrons. The predicted molar refractivity (Wildman–Crippen MR) is 54.4 cm³/mol. The molecule has 0 unspecified atom stereocenters. The van der Waals surface area contributed by atoms with Crippen LogP contribution >= 0.6 is 0 Å². The van der Waals surface area contributed by atoms with Crippen molar-refractivity contribution in [2.45, 2.75) is 26.2 Å². The third-order valence-electron chi connectivity index (χ3n) is 1.70. The van der Waals surface area contributed by atoms with E-state index in [1.54, 1.807) is 0 Å². The van der Waals surface area contributed by atoms with Gasteiger partial charge in [-0.2, -0.15) is 0 Å². The van der Waals surface area contributed by atoms with Crippen molar-refractivity contribution in [3.05, 3.63) is 0 Å². The number of ketones is 2. The highest BCUT2D eigenvalue weighted by Gasteiger charge is 2.05. The van der Waals surface area contributed by atoms with E-state index in [2.05, 4.69) is 10.1 Å². The molecule has 86 valence electrons. The van der Waals surface area contributed by atoms with Crippen molar-refractivity contribution < 1.29 is 19.1 Å². The zero-order valence-corrected chi connectivity index (χ0v) is 9.17. The molecule has 0 aromatic carbocycles. The number of rotatable bonds is 8. The van der Waals surface area contributed by atoms with Crippen molar-refractivity contribution in [2.75, 3.05) is 20.3 Å². The highest BCUT2D eigenvalue weighted by molar-refractivity contribution is 5.85. The molecule has 1 amide bonds. The van der Waals surface area contributed by atoms with Gasteiger partial charge in [0.15, 0.2) is 5.78 Å². The second-order valence-corrected chi connectivity index (χ2v) is 3.30. The Morgan fingerprint density at radius 2 is 1.87 bits per heavy atom. The number of amides is 1. The molecule has 15 heavy (non-hydrogen) atoms. The molecule has 0 aliphatic carbocycles. The molecule has 0 saturated carbocycles. The number of hydrogen-bond donors (Lipinski definition) is 1. The van der Waals surface area contributed by atoms with Crippen molar-refractivity contribution >= 4 is 17.5 Å². The molecule has 0 atom stereocenters. The maximum atomic E-state index is 11.1. The molecule has 5 heteroatoms. The molecule has 0 rings (SSSR count). The molecule has 0 saturated heterocycles. The fraction of sp³-hybridized carbons (Fsp3) is 0.700. The molecule has 0 spiro atoms. The Kier molecular flexibility index (Phi) is 7.44. The van der Waals surface area contributed by atoms with Crippen LogP contribution in [0.3, 0.4) is 0 Å². The van der Waals surface area contributed by atoms with Gasteiger partial charge in [-0.3, -0.25) is 14.4 Å². The van der Waals surface area contributed by atoms with Crippen LogP contribution in [0.5, 0.6) is 0 Å². The van der Waals surface area contributed by atoms with Gasteiger partial charge in [0.25, 0.3) is 0 Å². The highest BCUT2D eigenvalue weighted by atomic mass is 16.5. The smallest absolute Gasteiger partial charge is 0.220 e. The first-order valence-electron chi connectivity index (χ1n) is 4.83. The van der Waals surface area contributed by atoms with Gasteiger partial charge < -0.3 is 10.1 Å². The summed E-state index contributed by atoms with van der Waals surface area (Å²) in [7, 11) is 1.46. The Bertz CT molecular complexity index is 238. The molecule has 0 aromatic rings. The van der Waals surface area contributed by atoms with Crippen LogP contribution in [0.1, 0.15) is 26.2 Å². The first kappa shape index (κ1) is 13.8. The quantitative estimate of drug-likeness (QED) is 0.622. The number of methoxy groups -OCH3 is 1. The molecular weight excluding hydrogens is 198 g/mol. The summed E-state index contributed by atoms with van der Waals surface area (Å²) in [4.78, 5) is 32.6. The SMILES string of the molecule is COCC(=O)CCCC(=O)NCC(C)=O. The van der Waals surface area contributed by atoms with E-state index < -0.39 is 0 Å².